The smallest absolute Gasteiger partial charge is 0.337 e. The van der Waals surface area contributed by atoms with Gasteiger partial charge in [0, 0.05) is 16.3 Å². The Bertz CT molecular complexity index is 709. The number of aromatic carboxylic acids is 1. The van der Waals surface area contributed by atoms with Crippen molar-refractivity contribution in [2.75, 3.05) is 11.1 Å². The molecule has 4 N–H and O–H groups in total. The SMILES string of the molecule is Cc1cc(Cl)cc(C(=O)Nc2ccc(N)cc2C(=O)O)c1. The number of carboxylic acid groups (broad SMARTS) is 1. The van der Waals surface area contributed by atoms with E-state index in [-0.39, 0.29) is 11.3 Å². The van der Waals surface area contributed by atoms with Crippen LogP contribution in [-0.2, 0) is 0 Å². The zero-order chi connectivity index (χ0) is 15.6. The van der Waals surface area contributed by atoms with E-state index in [1.54, 1.807) is 12.1 Å². The van der Waals surface area contributed by atoms with Crippen LogP contribution in [0.15, 0.2) is 36.4 Å². The van der Waals surface area contributed by atoms with Crippen LogP contribution >= 0.6 is 11.6 Å². The van der Waals surface area contributed by atoms with Gasteiger partial charge < -0.3 is 16.2 Å². The lowest BCUT2D eigenvalue weighted by Gasteiger charge is -2.10. The minimum absolute atomic E-state index is 0.0675. The molecule has 0 aromatic heterocycles. The van der Waals surface area contributed by atoms with Crippen molar-refractivity contribution in [2.24, 2.45) is 0 Å². The zero-order valence-electron chi connectivity index (χ0n) is 11.2. The summed E-state index contributed by atoms with van der Waals surface area (Å²) in [4.78, 5) is 23.4. The first kappa shape index (κ1) is 14.9. The van der Waals surface area contributed by atoms with Crippen molar-refractivity contribution in [1.82, 2.24) is 0 Å². The third-order valence-corrected chi connectivity index (χ3v) is 3.04. The molecule has 5 nitrogen and oxygen atoms in total. The number of amides is 1. The van der Waals surface area contributed by atoms with Gasteiger partial charge in [0.2, 0.25) is 0 Å². The van der Waals surface area contributed by atoms with Crippen molar-refractivity contribution in [3.8, 4) is 0 Å². The first-order valence-corrected chi connectivity index (χ1v) is 6.46. The highest BCUT2D eigenvalue weighted by atomic mass is 35.5. The van der Waals surface area contributed by atoms with E-state index in [0.717, 1.165) is 5.56 Å². The fourth-order valence-electron chi connectivity index (χ4n) is 1.91. The molecule has 0 atom stereocenters. The molecule has 2 aromatic carbocycles. The van der Waals surface area contributed by atoms with Gasteiger partial charge in [0.25, 0.3) is 5.91 Å². The maximum Gasteiger partial charge on any atom is 0.337 e. The van der Waals surface area contributed by atoms with Gasteiger partial charge in [0.15, 0.2) is 0 Å². The average molecular weight is 305 g/mol. The Labute approximate surface area is 126 Å². The van der Waals surface area contributed by atoms with E-state index in [1.165, 1.54) is 24.3 Å². The van der Waals surface area contributed by atoms with Crippen molar-refractivity contribution in [1.29, 1.82) is 0 Å². The number of carbonyl (C=O) groups excluding carboxylic acids is 1. The average Bonchev–Trinajstić information content (AvgIpc) is 2.39. The molecule has 0 spiro atoms. The van der Waals surface area contributed by atoms with Crippen LogP contribution < -0.4 is 11.1 Å². The molecule has 108 valence electrons. The molecule has 1 amide bonds. The van der Waals surface area contributed by atoms with E-state index in [0.29, 0.717) is 16.3 Å². The highest BCUT2D eigenvalue weighted by Crippen LogP contribution is 2.21. The molecule has 0 aliphatic heterocycles. The van der Waals surface area contributed by atoms with Gasteiger partial charge in [-0.05, 0) is 48.9 Å². The third-order valence-electron chi connectivity index (χ3n) is 2.83. The summed E-state index contributed by atoms with van der Waals surface area (Å²) >= 11 is 5.91. The minimum atomic E-state index is -1.17. The van der Waals surface area contributed by atoms with Gasteiger partial charge in [-0.25, -0.2) is 4.79 Å². The number of carbonyl (C=O) groups is 2. The van der Waals surface area contributed by atoms with Crippen LogP contribution in [0.2, 0.25) is 5.02 Å². The fourth-order valence-corrected chi connectivity index (χ4v) is 2.20. The molecule has 0 saturated heterocycles. The largest absolute Gasteiger partial charge is 0.478 e. The van der Waals surface area contributed by atoms with E-state index >= 15 is 0 Å². The predicted octanol–water partition coefficient (Wildman–Crippen LogP) is 3.18. The van der Waals surface area contributed by atoms with Crippen LogP contribution in [0.4, 0.5) is 11.4 Å². The Hall–Kier alpha value is -2.53. The summed E-state index contributed by atoms with van der Waals surface area (Å²) in [7, 11) is 0. The van der Waals surface area contributed by atoms with Gasteiger partial charge in [-0.15, -0.1) is 0 Å². The van der Waals surface area contributed by atoms with Crippen LogP contribution in [0.5, 0.6) is 0 Å². The van der Waals surface area contributed by atoms with E-state index in [1.807, 2.05) is 6.92 Å². The van der Waals surface area contributed by atoms with Crippen molar-refractivity contribution in [2.45, 2.75) is 6.92 Å². The number of aryl methyl sites for hydroxylation is 1. The number of nitrogens with two attached hydrogens (primary N) is 1. The quantitative estimate of drug-likeness (QED) is 0.759. The number of benzene rings is 2. The van der Waals surface area contributed by atoms with Crippen LogP contribution in [0.25, 0.3) is 0 Å². The Balaban J connectivity index is 2.33. The molecule has 2 rings (SSSR count). The van der Waals surface area contributed by atoms with Gasteiger partial charge in [0.05, 0.1) is 11.3 Å². The summed E-state index contributed by atoms with van der Waals surface area (Å²) in [5, 5.41) is 12.1. The highest BCUT2D eigenvalue weighted by Gasteiger charge is 2.14. The molecule has 0 fully saturated rings. The summed E-state index contributed by atoms with van der Waals surface area (Å²) in [6.07, 6.45) is 0. The van der Waals surface area contributed by atoms with E-state index in [4.69, 9.17) is 22.4 Å². The standard InChI is InChI=1S/C15H13ClN2O3/c1-8-4-9(6-10(16)5-8)14(19)18-13-3-2-11(17)7-12(13)15(20)21/h2-7H,17H2,1H3,(H,18,19)(H,20,21). The molecule has 0 saturated carbocycles. The normalized spacial score (nSPS) is 10.2. The molecule has 0 heterocycles. The second-order valence-corrected chi connectivity index (χ2v) is 5.02. The Morgan fingerprint density at radius 1 is 1.19 bits per heavy atom. The van der Waals surface area contributed by atoms with Crippen LogP contribution in [0.3, 0.4) is 0 Å². The maximum atomic E-state index is 12.2. The number of halogens is 1. The number of anilines is 2. The molecular formula is C15H13ClN2O3. The third kappa shape index (κ3) is 3.52. The molecule has 2 aromatic rings. The summed E-state index contributed by atoms with van der Waals surface area (Å²) in [5.74, 6) is -1.60. The zero-order valence-corrected chi connectivity index (χ0v) is 11.9. The molecule has 0 unspecified atom stereocenters. The number of nitrogen functional groups attached to an aromatic ring is 1. The van der Waals surface area contributed by atoms with Crippen molar-refractivity contribution in [3.63, 3.8) is 0 Å². The number of nitrogens with one attached hydrogen (secondary N) is 1. The maximum absolute atomic E-state index is 12.2. The monoisotopic (exact) mass is 304 g/mol. The summed E-state index contributed by atoms with van der Waals surface area (Å²) in [6.45, 7) is 1.81. The second-order valence-electron chi connectivity index (χ2n) is 4.58. The van der Waals surface area contributed by atoms with Crippen molar-refractivity contribution >= 4 is 34.9 Å². The fraction of sp³-hybridized carbons (Fsp3) is 0.0667. The lowest BCUT2D eigenvalue weighted by molar-refractivity contribution is 0.0698. The summed E-state index contributed by atoms with van der Waals surface area (Å²) in [5.41, 5.74) is 7.17. The summed E-state index contributed by atoms with van der Waals surface area (Å²) in [6, 6.07) is 9.17. The first-order valence-electron chi connectivity index (χ1n) is 6.08. The van der Waals surface area contributed by atoms with Gasteiger partial charge in [-0.1, -0.05) is 11.6 Å². The predicted molar refractivity (Wildman–Crippen MR) is 82.0 cm³/mol. The topological polar surface area (TPSA) is 92.4 Å². The Morgan fingerprint density at radius 2 is 1.90 bits per heavy atom. The highest BCUT2D eigenvalue weighted by molar-refractivity contribution is 6.31. The van der Waals surface area contributed by atoms with Crippen LogP contribution in [-0.4, -0.2) is 17.0 Å². The van der Waals surface area contributed by atoms with Gasteiger partial charge in [0.1, 0.15) is 0 Å². The van der Waals surface area contributed by atoms with Crippen molar-refractivity contribution in [3.05, 3.63) is 58.1 Å². The van der Waals surface area contributed by atoms with Gasteiger partial charge >= 0.3 is 5.97 Å². The van der Waals surface area contributed by atoms with Gasteiger partial charge in [-0.3, -0.25) is 4.79 Å². The second kappa shape index (κ2) is 5.85. The molecule has 0 aliphatic rings. The lowest BCUT2D eigenvalue weighted by Crippen LogP contribution is -2.15. The number of carboxylic acids is 1. The number of hydrogen-bond donors (Lipinski definition) is 3. The molecule has 6 heteroatoms. The minimum Gasteiger partial charge on any atom is -0.478 e. The molecule has 0 aliphatic carbocycles. The molecule has 0 radical (unpaired) electrons. The molecule has 0 bridgehead atoms. The van der Waals surface area contributed by atoms with E-state index in [9.17, 15) is 9.59 Å². The van der Waals surface area contributed by atoms with Crippen LogP contribution in [0.1, 0.15) is 26.3 Å². The number of rotatable bonds is 3. The van der Waals surface area contributed by atoms with Crippen LogP contribution in [0, 0.1) is 6.92 Å². The summed E-state index contributed by atoms with van der Waals surface area (Å²) < 4.78 is 0. The Kier molecular flexibility index (Phi) is 4.14. The molecular weight excluding hydrogens is 292 g/mol. The van der Waals surface area contributed by atoms with Gasteiger partial charge in [-0.2, -0.15) is 0 Å². The van der Waals surface area contributed by atoms with Crippen molar-refractivity contribution < 1.29 is 14.7 Å². The Morgan fingerprint density at radius 3 is 2.52 bits per heavy atom. The number of hydrogen-bond acceptors (Lipinski definition) is 3. The lowest BCUT2D eigenvalue weighted by atomic mass is 10.1. The molecule has 21 heavy (non-hydrogen) atoms. The van der Waals surface area contributed by atoms with E-state index in [2.05, 4.69) is 5.32 Å². The van der Waals surface area contributed by atoms with E-state index < -0.39 is 11.9 Å². The first-order chi connectivity index (χ1) is 9.86.